The van der Waals surface area contributed by atoms with Gasteiger partial charge >= 0.3 is 6.18 Å². The molecule has 0 atom stereocenters. The first-order valence-corrected chi connectivity index (χ1v) is 8.16. The Bertz CT molecular complexity index is 1160. The molecule has 0 spiro atoms. The minimum absolute atomic E-state index is 0.0918. The van der Waals surface area contributed by atoms with Crippen molar-refractivity contribution < 1.29 is 17.6 Å². The molecule has 3 N–H and O–H groups in total. The standard InChI is InChI=1S/C17H12ClF4N5/c1-23-27-15-11(19)4-8(17(20,21)22)5-13(15)25-16(27)26-14-7-24-12-3-2-9(18)6-10(12)14/h2-7,23-24H,1H3,(H,25,26). The molecule has 2 aromatic carbocycles. The number of benzene rings is 2. The van der Waals surface area contributed by atoms with Crippen molar-refractivity contribution >= 4 is 45.2 Å². The molecule has 0 saturated carbocycles. The van der Waals surface area contributed by atoms with Gasteiger partial charge in [0.25, 0.3) is 0 Å². The number of aromatic amines is 1. The van der Waals surface area contributed by atoms with Gasteiger partial charge in [0.1, 0.15) is 5.52 Å². The Labute approximate surface area is 154 Å². The van der Waals surface area contributed by atoms with Crippen LogP contribution in [0.4, 0.5) is 29.2 Å². The van der Waals surface area contributed by atoms with Gasteiger partial charge in [0.2, 0.25) is 5.95 Å². The van der Waals surface area contributed by atoms with Gasteiger partial charge in [-0.05, 0) is 30.3 Å². The third-order valence-corrected chi connectivity index (χ3v) is 4.38. The van der Waals surface area contributed by atoms with Gasteiger partial charge in [0, 0.05) is 29.2 Å². The average molecular weight is 398 g/mol. The van der Waals surface area contributed by atoms with E-state index in [1.165, 1.54) is 11.7 Å². The van der Waals surface area contributed by atoms with Crippen LogP contribution in [0.15, 0.2) is 36.5 Å². The van der Waals surface area contributed by atoms with Crippen molar-refractivity contribution in [2.45, 2.75) is 6.18 Å². The number of hydrogen-bond donors (Lipinski definition) is 3. The fraction of sp³-hybridized carbons (Fsp3) is 0.118. The minimum atomic E-state index is -4.67. The number of aromatic nitrogens is 3. The van der Waals surface area contributed by atoms with Crippen LogP contribution < -0.4 is 10.7 Å². The molecule has 4 rings (SSSR count). The summed E-state index contributed by atoms with van der Waals surface area (Å²) in [6.45, 7) is 0. The predicted octanol–water partition coefficient (Wildman–Crippen LogP) is 5.25. The third-order valence-electron chi connectivity index (χ3n) is 4.15. The van der Waals surface area contributed by atoms with E-state index in [2.05, 4.69) is 20.7 Å². The van der Waals surface area contributed by atoms with Crippen molar-refractivity contribution in [1.29, 1.82) is 0 Å². The molecule has 5 nitrogen and oxygen atoms in total. The molecule has 2 heterocycles. The molecule has 0 aliphatic rings. The highest BCUT2D eigenvalue weighted by Gasteiger charge is 2.32. The second kappa shape index (κ2) is 6.05. The van der Waals surface area contributed by atoms with Gasteiger partial charge in [-0.2, -0.15) is 13.2 Å². The zero-order chi connectivity index (χ0) is 19.3. The average Bonchev–Trinajstić information content (AvgIpc) is 3.15. The third kappa shape index (κ3) is 2.93. The highest BCUT2D eigenvalue weighted by atomic mass is 35.5. The van der Waals surface area contributed by atoms with Crippen LogP contribution in [0.5, 0.6) is 0 Å². The molecule has 0 aliphatic carbocycles. The van der Waals surface area contributed by atoms with Crippen molar-refractivity contribution in [1.82, 2.24) is 14.6 Å². The molecule has 10 heteroatoms. The minimum Gasteiger partial charge on any atom is -0.359 e. The van der Waals surface area contributed by atoms with E-state index in [1.54, 1.807) is 24.4 Å². The molecule has 0 radical (unpaired) electrons. The number of anilines is 2. The molecule has 2 aromatic heterocycles. The summed E-state index contributed by atoms with van der Waals surface area (Å²) in [4.78, 5) is 7.17. The lowest BCUT2D eigenvalue weighted by atomic mass is 10.2. The van der Waals surface area contributed by atoms with Gasteiger partial charge in [0.15, 0.2) is 5.82 Å². The zero-order valence-electron chi connectivity index (χ0n) is 13.7. The first-order valence-electron chi connectivity index (χ1n) is 7.78. The van der Waals surface area contributed by atoms with E-state index in [-0.39, 0.29) is 17.0 Å². The number of nitrogens with one attached hydrogen (secondary N) is 3. The molecule has 27 heavy (non-hydrogen) atoms. The second-order valence-corrected chi connectivity index (χ2v) is 6.27. The lowest BCUT2D eigenvalue weighted by molar-refractivity contribution is -0.137. The van der Waals surface area contributed by atoms with E-state index >= 15 is 0 Å². The molecule has 140 valence electrons. The summed E-state index contributed by atoms with van der Waals surface area (Å²) >= 11 is 6.02. The topological polar surface area (TPSA) is 57.7 Å². The Morgan fingerprint density at radius 1 is 1.19 bits per heavy atom. The van der Waals surface area contributed by atoms with E-state index in [0.717, 1.165) is 17.0 Å². The highest BCUT2D eigenvalue weighted by Crippen LogP contribution is 2.34. The van der Waals surface area contributed by atoms with E-state index in [0.29, 0.717) is 16.8 Å². The Balaban J connectivity index is 1.86. The Hall–Kier alpha value is -2.94. The van der Waals surface area contributed by atoms with E-state index < -0.39 is 17.6 Å². The van der Waals surface area contributed by atoms with Crippen molar-refractivity contribution in [3.8, 4) is 0 Å². The molecule has 0 aliphatic heterocycles. The van der Waals surface area contributed by atoms with Gasteiger partial charge in [-0.3, -0.25) is 0 Å². The van der Waals surface area contributed by atoms with E-state index in [9.17, 15) is 17.6 Å². The van der Waals surface area contributed by atoms with Crippen LogP contribution in [0.25, 0.3) is 21.9 Å². The molecular formula is C17H12ClF4N5. The number of nitrogens with zero attached hydrogens (tertiary/aromatic N) is 2. The smallest absolute Gasteiger partial charge is 0.359 e. The first-order chi connectivity index (χ1) is 12.8. The van der Waals surface area contributed by atoms with Gasteiger partial charge in [0.05, 0.1) is 16.8 Å². The summed E-state index contributed by atoms with van der Waals surface area (Å²) < 4.78 is 54.5. The van der Waals surface area contributed by atoms with Crippen LogP contribution in [0.1, 0.15) is 5.56 Å². The van der Waals surface area contributed by atoms with Gasteiger partial charge in [-0.25, -0.2) is 14.1 Å². The maximum absolute atomic E-state index is 14.4. The number of hydrogen-bond acceptors (Lipinski definition) is 3. The summed E-state index contributed by atoms with van der Waals surface area (Å²) in [6.07, 6.45) is -3.00. The van der Waals surface area contributed by atoms with Gasteiger partial charge in [-0.15, -0.1) is 0 Å². The van der Waals surface area contributed by atoms with Crippen LogP contribution in [0, 0.1) is 5.82 Å². The first kappa shape index (κ1) is 17.5. The summed E-state index contributed by atoms with van der Waals surface area (Å²) in [7, 11) is 1.51. The SMILES string of the molecule is CNn1c(Nc2c[nH]c3ccc(Cl)cc23)nc2cc(C(F)(F)F)cc(F)c21. The van der Waals surface area contributed by atoms with Crippen molar-refractivity contribution in [2.24, 2.45) is 0 Å². The Morgan fingerprint density at radius 2 is 1.96 bits per heavy atom. The van der Waals surface area contributed by atoms with Gasteiger partial charge < -0.3 is 15.7 Å². The largest absolute Gasteiger partial charge is 0.416 e. The van der Waals surface area contributed by atoms with Crippen LogP contribution >= 0.6 is 11.6 Å². The molecule has 0 unspecified atom stereocenters. The van der Waals surface area contributed by atoms with E-state index in [4.69, 9.17) is 11.6 Å². The quantitative estimate of drug-likeness (QED) is 0.414. The number of imidazole rings is 1. The molecule has 0 fully saturated rings. The van der Waals surface area contributed by atoms with Crippen LogP contribution in [-0.2, 0) is 6.18 Å². The summed E-state index contributed by atoms with van der Waals surface area (Å²) in [5.74, 6) is -0.900. The molecule has 4 aromatic rings. The van der Waals surface area contributed by atoms with Crippen molar-refractivity contribution in [2.75, 3.05) is 17.8 Å². The fourth-order valence-corrected chi connectivity index (χ4v) is 3.12. The zero-order valence-corrected chi connectivity index (χ0v) is 14.5. The number of alkyl halides is 3. The highest BCUT2D eigenvalue weighted by molar-refractivity contribution is 6.31. The Morgan fingerprint density at radius 3 is 2.67 bits per heavy atom. The van der Waals surface area contributed by atoms with Crippen LogP contribution in [-0.4, -0.2) is 21.7 Å². The van der Waals surface area contributed by atoms with Crippen molar-refractivity contribution in [3.05, 3.63) is 52.9 Å². The number of rotatable bonds is 3. The Kier molecular flexibility index (Phi) is 3.92. The van der Waals surface area contributed by atoms with Crippen LogP contribution in [0.3, 0.4) is 0 Å². The van der Waals surface area contributed by atoms with Gasteiger partial charge in [-0.1, -0.05) is 11.6 Å². The lowest BCUT2D eigenvalue weighted by Crippen LogP contribution is -2.13. The lowest BCUT2D eigenvalue weighted by Gasteiger charge is -2.10. The fourth-order valence-electron chi connectivity index (χ4n) is 2.94. The number of fused-ring (bicyclic) bond motifs is 2. The maximum atomic E-state index is 14.4. The molecular weight excluding hydrogens is 386 g/mol. The normalized spacial score (nSPS) is 12.1. The number of halogens is 5. The van der Waals surface area contributed by atoms with E-state index in [1.807, 2.05) is 0 Å². The van der Waals surface area contributed by atoms with Crippen molar-refractivity contribution in [3.63, 3.8) is 0 Å². The number of H-pyrrole nitrogens is 1. The van der Waals surface area contributed by atoms with Crippen LogP contribution in [0.2, 0.25) is 5.02 Å². The summed E-state index contributed by atoms with van der Waals surface area (Å²) in [5, 5.41) is 4.28. The predicted molar refractivity (Wildman–Crippen MR) is 96.6 cm³/mol. The maximum Gasteiger partial charge on any atom is 0.416 e. The second-order valence-electron chi connectivity index (χ2n) is 5.84. The monoisotopic (exact) mass is 397 g/mol. The summed E-state index contributed by atoms with van der Waals surface area (Å²) in [6, 6.07) is 6.50. The molecule has 0 bridgehead atoms. The molecule has 0 saturated heterocycles. The summed E-state index contributed by atoms with van der Waals surface area (Å²) in [5.41, 5.74) is 2.80. The molecule has 0 amide bonds.